The zero-order valence-corrected chi connectivity index (χ0v) is 19.4. The fourth-order valence-electron chi connectivity index (χ4n) is 4.40. The lowest BCUT2D eigenvalue weighted by Crippen LogP contribution is -2.60. The van der Waals surface area contributed by atoms with Gasteiger partial charge in [0.05, 0.1) is 44.0 Å². The highest BCUT2D eigenvalue weighted by atomic mass is 16.7. The summed E-state index contributed by atoms with van der Waals surface area (Å²) < 4.78 is 38.4. The molecule has 2 fully saturated rings. The van der Waals surface area contributed by atoms with Crippen LogP contribution in [0.1, 0.15) is 0 Å². The van der Waals surface area contributed by atoms with Gasteiger partial charge in [-0.1, -0.05) is 0 Å². The summed E-state index contributed by atoms with van der Waals surface area (Å²) in [7, 11) is 1.43. The number of aliphatic hydroxyl groups is 6. The Balaban J connectivity index is 1.42. The van der Waals surface area contributed by atoms with Crippen LogP contribution >= 0.6 is 0 Å². The second-order valence-electron chi connectivity index (χ2n) is 8.87. The van der Waals surface area contributed by atoms with E-state index in [0.29, 0.717) is 16.5 Å². The zero-order chi connectivity index (χ0) is 26.5. The van der Waals surface area contributed by atoms with Crippen LogP contribution in [0.25, 0.3) is 21.9 Å². The minimum absolute atomic E-state index is 0.0678. The molecule has 0 bridgehead atoms. The molecule has 4 heterocycles. The van der Waals surface area contributed by atoms with E-state index in [-0.39, 0.29) is 16.9 Å². The number of fused-ring (bicyclic) bond motifs is 2. The van der Waals surface area contributed by atoms with Gasteiger partial charge in [0.2, 0.25) is 12.0 Å². The fraction of sp³-hybridized carbons (Fsp3) is 0.522. The molecule has 0 saturated carbocycles. The van der Waals surface area contributed by atoms with Crippen LogP contribution in [0, 0.1) is 0 Å². The maximum Gasteiger partial charge on any atom is 0.336 e. The molecule has 202 valence electrons. The van der Waals surface area contributed by atoms with Gasteiger partial charge in [-0.05, 0) is 12.1 Å². The molecule has 6 N–H and O–H groups in total. The average molecular weight is 526 g/mol. The highest BCUT2D eigenvalue weighted by Gasteiger charge is 2.50. The topological polar surface area (TPSA) is 211 Å². The number of methoxy groups -OCH3 is 1. The Morgan fingerprint density at radius 3 is 2.46 bits per heavy atom. The van der Waals surface area contributed by atoms with E-state index in [1.54, 1.807) is 6.07 Å². The van der Waals surface area contributed by atoms with Crippen molar-refractivity contribution in [2.24, 2.45) is 0 Å². The maximum atomic E-state index is 12.0. The summed E-state index contributed by atoms with van der Waals surface area (Å²) in [5.41, 5.74) is -2.59. The highest BCUT2D eigenvalue weighted by Crippen LogP contribution is 2.43. The van der Waals surface area contributed by atoms with Gasteiger partial charge in [0.25, 0.3) is 0 Å². The highest BCUT2D eigenvalue weighted by molar-refractivity contribution is 6.06. The smallest absolute Gasteiger partial charge is 0.336 e. The van der Waals surface area contributed by atoms with E-state index in [0.717, 1.165) is 0 Å². The second kappa shape index (κ2) is 9.83. The van der Waals surface area contributed by atoms with Crippen LogP contribution < -0.4 is 15.1 Å². The zero-order valence-electron chi connectivity index (χ0n) is 19.4. The van der Waals surface area contributed by atoms with Gasteiger partial charge < -0.3 is 63.2 Å². The van der Waals surface area contributed by atoms with Crippen molar-refractivity contribution in [1.82, 2.24) is 0 Å². The van der Waals surface area contributed by atoms with E-state index in [9.17, 15) is 35.4 Å². The first kappa shape index (κ1) is 25.8. The van der Waals surface area contributed by atoms with E-state index < -0.39 is 74.1 Å². The number of aliphatic hydroxyl groups excluding tert-OH is 5. The van der Waals surface area contributed by atoms with Crippen molar-refractivity contribution >= 4 is 21.9 Å². The third-order valence-corrected chi connectivity index (χ3v) is 6.51. The quantitative estimate of drug-likeness (QED) is 0.188. The molecule has 0 radical (unpaired) electrons. The number of hydrogen-bond acceptors (Lipinski definition) is 14. The molecule has 37 heavy (non-hydrogen) atoms. The van der Waals surface area contributed by atoms with Gasteiger partial charge in [-0.25, -0.2) is 4.79 Å². The number of benzene rings is 1. The first-order valence-corrected chi connectivity index (χ1v) is 11.3. The van der Waals surface area contributed by atoms with Crippen LogP contribution in [0.2, 0.25) is 0 Å². The molecule has 14 nitrogen and oxygen atoms in total. The largest absolute Gasteiger partial charge is 0.495 e. The molecule has 14 heteroatoms. The van der Waals surface area contributed by atoms with Crippen LogP contribution in [0.4, 0.5) is 0 Å². The lowest BCUT2D eigenvalue weighted by molar-refractivity contribution is -0.289. The lowest BCUT2D eigenvalue weighted by Gasteiger charge is -2.40. The fourth-order valence-corrected chi connectivity index (χ4v) is 4.40. The molecule has 2 aromatic heterocycles. The molecule has 0 spiro atoms. The third-order valence-electron chi connectivity index (χ3n) is 6.51. The summed E-state index contributed by atoms with van der Waals surface area (Å²) in [5, 5.41) is 61.8. The molecule has 0 aliphatic carbocycles. The molecular formula is C23H26O14. The van der Waals surface area contributed by atoms with Gasteiger partial charge in [-0.15, -0.1) is 0 Å². The van der Waals surface area contributed by atoms with Crippen molar-refractivity contribution in [2.75, 3.05) is 26.9 Å². The van der Waals surface area contributed by atoms with Crippen molar-refractivity contribution in [3.63, 3.8) is 0 Å². The lowest BCUT2D eigenvalue weighted by atomic mass is 9.99. The molecule has 1 aromatic carbocycles. The summed E-state index contributed by atoms with van der Waals surface area (Å²) in [5.74, 6) is 0.225. The predicted molar refractivity (Wildman–Crippen MR) is 120 cm³/mol. The molecular weight excluding hydrogens is 500 g/mol. The SMILES string of the molecule is COc1c2ccoc2c(OC2OC(COC3OCC(O)(CO)C3O)C(O)C(O)C2O)c2oc(=O)ccc12. The molecule has 0 amide bonds. The minimum atomic E-state index is -1.92. The molecule has 8 unspecified atom stereocenters. The van der Waals surface area contributed by atoms with Crippen LogP contribution in [-0.4, -0.2) is 106 Å². The first-order chi connectivity index (χ1) is 17.7. The summed E-state index contributed by atoms with van der Waals surface area (Å²) in [6, 6.07) is 4.25. The van der Waals surface area contributed by atoms with Gasteiger partial charge in [0.15, 0.2) is 17.5 Å². The van der Waals surface area contributed by atoms with E-state index in [4.69, 9.17) is 32.5 Å². The Morgan fingerprint density at radius 1 is 1.00 bits per heavy atom. The molecule has 5 rings (SSSR count). The molecule has 2 aliphatic rings. The van der Waals surface area contributed by atoms with Crippen LogP contribution in [-0.2, 0) is 14.2 Å². The Bertz CT molecular complexity index is 1320. The van der Waals surface area contributed by atoms with E-state index in [1.807, 2.05) is 0 Å². The number of ether oxygens (including phenoxy) is 5. The first-order valence-electron chi connectivity index (χ1n) is 11.3. The van der Waals surface area contributed by atoms with Crippen molar-refractivity contribution in [3.05, 3.63) is 34.9 Å². The average Bonchev–Trinajstić information content (AvgIpc) is 3.49. The third kappa shape index (κ3) is 4.35. The van der Waals surface area contributed by atoms with Crippen LogP contribution in [0.15, 0.2) is 38.1 Å². The molecule has 2 saturated heterocycles. The molecule has 8 atom stereocenters. The molecule has 2 aliphatic heterocycles. The summed E-state index contributed by atoms with van der Waals surface area (Å²) in [6.45, 7) is -1.64. The number of furan rings is 1. The summed E-state index contributed by atoms with van der Waals surface area (Å²) in [6.07, 6.45) is -9.65. The van der Waals surface area contributed by atoms with Crippen molar-refractivity contribution in [1.29, 1.82) is 0 Å². The minimum Gasteiger partial charge on any atom is -0.495 e. The van der Waals surface area contributed by atoms with Crippen LogP contribution in [0.3, 0.4) is 0 Å². The maximum absolute atomic E-state index is 12.0. The van der Waals surface area contributed by atoms with Gasteiger partial charge in [0, 0.05) is 6.07 Å². The van der Waals surface area contributed by atoms with Crippen LogP contribution in [0.5, 0.6) is 11.5 Å². The predicted octanol–water partition coefficient (Wildman–Crippen LogP) is -1.81. The Kier molecular flexibility index (Phi) is 6.86. The monoisotopic (exact) mass is 526 g/mol. The van der Waals surface area contributed by atoms with Gasteiger partial charge >= 0.3 is 5.63 Å². The van der Waals surface area contributed by atoms with E-state index >= 15 is 0 Å². The van der Waals surface area contributed by atoms with Crippen molar-refractivity contribution in [3.8, 4) is 11.5 Å². The summed E-state index contributed by atoms with van der Waals surface area (Å²) >= 11 is 0. The Morgan fingerprint density at radius 2 is 1.76 bits per heavy atom. The van der Waals surface area contributed by atoms with Gasteiger partial charge in [0.1, 0.15) is 41.9 Å². The Hall–Kier alpha value is -2.79. The Labute approximate surface area is 207 Å². The van der Waals surface area contributed by atoms with E-state index in [1.165, 1.54) is 25.5 Å². The molecule has 3 aromatic rings. The number of rotatable bonds is 7. The number of hydrogen-bond donors (Lipinski definition) is 6. The van der Waals surface area contributed by atoms with E-state index in [2.05, 4.69) is 0 Å². The normalized spacial score (nSPS) is 34.3. The second-order valence-corrected chi connectivity index (χ2v) is 8.87. The van der Waals surface area contributed by atoms with Crippen molar-refractivity contribution < 1.29 is 63.2 Å². The van der Waals surface area contributed by atoms with Crippen molar-refractivity contribution in [2.45, 2.75) is 48.7 Å². The summed E-state index contributed by atoms with van der Waals surface area (Å²) in [4.78, 5) is 12.0. The van der Waals surface area contributed by atoms with Gasteiger partial charge in [-0.3, -0.25) is 0 Å². The van der Waals surface area contributed by atoms with Gasteiger partial charge in [-0.2, -0.15) is 0 Å². The standard InChI is InChI=1S/C23H26O14/c1-31-16-9-2-3-12(25)36-18(9)19(17-10(16)4-5-32-17)37-21-15(28)14(27)13(26)11(35-21)6-33-22-20(29)23(30,7-24)8-34-22/h2-5,11,13-15,20-22,24,26-30H,6-8H2,1H3.